The third kappa shape index (κ3) is 3.80. The first kappa shape index (κ1) is 16.8. The fourth-order valence-electron chi connectivity index (χ4n) is 2.86. The average Bonchev–Trinajstić information content (AvgIpc) is 2.55. The molecule has 2 rings (SSSR count). The highest BCUT2D eigenvalue weighted by Gasteiger charge is 2.38. The summed E-state index contributed by atoms with van der Waals surface area (Å²) in [6.45, 7) is -0.428. The van der Waals surface area contributed by atoms with Gasteiger partial charge in [0.05, 0.1) is 19.1 Å². The zero-order valence-corrected chi connectivity index (χ0v) is 13.1. The number of carboxylic acid groups (broad SMARTS) is 1. The van der Waals surface area contributed by atoms with Gasteiger partial charge in [-0.3, -0.25) is 14.4 Å². The van der Waals surface area contributed by atoms with E-state index in [9.17, 15) is 14.4 Å². The highest BCUT2D eigenvalue weighted by molar-refractivity contribution is 5.86. The molecule has 0 aromatic heterocycles. The third-order valence-corrected chi connectivity index (χ3v) is 4.07. The molecular weight excluding hydrogens is 300 g/mol. The van der Waals surface area contributed by atoms with E-state index < -0.39 is 24.5 Å². The van der Waals surface area contributed by atoms with E-state index in [2.05, 4.69) is 5.32 Å². The lowest BCUT2D eigenvalue weighted by atomic mass is 9.84. The van der Waals surface area contributed by atoms with Gasteiger partial charge in [0.2, 0.25) is 11.8 Å². The van der Waals surface area contributed by atoms with Gasteiger partial charge >= 0.3 is 5.97 Å². The number of carbonyl (C=O) groups is 3. The molecule has 2 amide bonds. The highest BCUT2D eigenvalue weighted by atomic mass is 16.5. The Morgan fingerprint density at radius 3 is 2.57 bits per heavy atom. The Kier molecular flexibility index (Phi) is 5.20. The summed E-state index contributed by atoms with van der Waals surface area (Å²) in [6, 6.07) is 6.76. The second kappa shape index (κ2) is 7.13. The van der Waals surface area contributed by atoms with Crippen molar-refractivity contribution in [2.45, 2.75) is 18.9 Å². The van der Waals surface area contributed by atoms with E-state index in [0.717, 1.165) is 5.56 Å². The van der Waals surface area contributed by atoms with Gasteiger partial charge in [0.25, 0.3) is 0 Å². The van der Waals surface area contributed by atoms with Crippen molar-refractivity contribution in [3.63, 3.8) is 0 Å². The van der Waals surface area contributed by atoms with Crippen molar-refractivity contribution >= 4 is 17.8 Å². The first-order valence-corrected chi connectivity index (χ1v) is 7.33. The van der Waals surface area contributed by atoms with Crippen LogP contribution in [0.1, 0.15) is 24.4 Å². The number of methoxy groups -OCH3 is 1. The molecule has 0 saturated carbocycles. The van der Waals surface area contributed by atoms with E-state index in [1.165, 1.54) is 0 Å². The Balaban J connectivity index is 2.25. The lowest BCUT2D eigenvalue weighted by molar-refractivity contribution is -0.144. The number of nitrogens with one attached hydrogen (secondary N) is 1. The summed E-state index contributed by atoms with van der Waals surface area (Å²) < 4.78 is 5.12. The van der Waals surface area contributed by atoms with Crippen molar-refractivity contribution < 1.29 is 24.2 Å². The van der Waals surface area contributed by atoms with Crippen LogP contribution in [0.15, 0.2) is 24.3 Å². The number of piperidine rings is 1. The van der Waals surface area contributed by atoms with E-state index >= 15 is 0 Å². The minimum absolute atomic E-state index is 0.0342. The van der Waals surface area contributed by atoms with E-state index in [1.807, 2.05) is 12.1 Å². The summed E-state index contributed by atoms with van der Waals surface area (Å²) in [7, 11) is 3.22. The summed E-state index contributed by atoms with van der Waals surface area (Å²) >= 11 is 0. The number of hydrogen-bond donors (Lipinski definition) is 2. The SMILES string of the molecule is COc1ccc(C2C(C(=O)NCC(=O)O)CCC(=O)N2C)cc1. The summed E-state index contributed by atoms with van der Waals surface area (Å²) in [4.78, 5) is 36.5. The zero-order chi connectivity index (χ0) is 17.0. The molecule has 1 saturated heterocycles. The van der Waals surface area contributed by atoms with Gasteiger partial charge < -0.3 is 20.1 Å². The van der Waals surface area contributed by atoms with Crippen molar-refractivity contribution in [3.8, 4) is 5.75 Å². The van der Waals surface area contributed by atoms with Gasteiger partial charge in [0, 0.05) is 13.5 Å². The van der Waals surface area contributed by atoms with Crippen molar-refractivity contribution in [2.75, 3.05) is 20.7 Å². The predicted molar refractivity (Wildman–Crippen MR) is 81.9 cm³/mol. The molecule has 0 bridgehead atoms. The number of benzene rings is 1. The van der Waals surface area contributed by atoms with Gasteiger partial charge in [-0.25, -0.2) is 0 Å². The molecular formula is C16H20N2O5. The number of ether oxygens (including phenoxy) is 1. The van der Waals surface area contributed by atoms with Crippen molar-refractivity contribution in [3.05, 3.63) is 29.8 Å². The molecule has 0 aliphatic carbocycles. The standard InChI is InChI=1S/C16H20N2O5/c1-18-13(19)8-7-12(16(22)17-9-14(20)21)15(18)10-3-5-11(23-2)6-4-10/h3-6,12,15H,7-9H2,1-2H3,(H,17,22)(H,20,21). The molecule has 0 spiro atoms. The molecule has 2 unspecified atom stereocenters. The Labute approximate surface area is 134 Å². The summed E-state index contributed by atoms with van der Waals surface area (Å²) in [6.07, 6.45) is 0.666. The van der Waals surface area contributed by atoms with Crippen LogP contribution in [-0.4, -0.2) is 48.5 Å². The number of amides is 2. The molecule has 124 valence electrons. The van der Waals surface area contributed by atoms with Crippen LogP contribution in [0.2, 0.25) is 0 Å². The molecule has 23 heavy (non-hydrogen) atoms. The Morgan fingerprint density at radius 2 is 2.00 bits per heavy atom. The van der Waals surface area contributed by atoms with Gasteiger partial charge in [0.1, 0.15) is 12.3 Å². The van der Waals surface area contributed by atoms with E-state index in [1.54, 1.807) is 31.2 Å². The second-order valence-corrected chi connectivity index (χ2v) is 5.48. The summed E-state index contributed by atoms with van der Waals surface area (Å²) in [5, 5.41) is 11.1. The van der Waals surface area contributed by atoms with Gasteiger partial charge in [0.15, 0.2) is 0 Å². The largest absolute Gasteiger partial charge is 0.497 e. The van der Waals surface area contributed by atoms with Crippen LogP contribution in [-0.2, 0) is 14.4 Å². The molecule has 2 N–H and O–H groups in total. The number of aliphatic carboxylic acids is 1. The van der Waals surface area contributed by atoms with Crippen molar-refractivity contribution in [1.29, 1.82) is 0 Å². The third-order valence-electron chi connectivity index (χ3n) is 4.07. The number of rotatable bonds is 5. The molecule has 7 heteroatoms. The maximum absolute atomic E-state index is 12.3. The molecule has 1 aliphatic heterocycles. The topological polar surface area (TPSA) is 95.9 Å². The Hall–Kier alpha value is -2.57. The van der Waals surface area contributed by atoms with Crippen molar-refractivity contribution in [2.24, 2.45) is 5.92 Å². The maximum Gasteiger partial charge on any atom is 0.322 e. The van der Waals surface area contributed by atoms with Crippen molar-refractivity contribution in [1.82, 2.24) is 10.2 Å². The second-order valence-electron chi connectivity index (χ2n) is 5.48. The van der Waals surface area contributed by atoms with Crippen LogP contribution in [0.3, 0.4) is 0 Å². The molecule has 2 atom stereocenters. The smallest absolute Gasteiger partial charge is 0.322 e. The van der Waals surface area contributed by atoms with E-state index in [4.69, 9.17) is 9.84 Å². The Bertz CT molecular complexity index is 599. The molecule has 1 aliphatic rings. The molecule has 1 aromatic carbocycles. The minimum Gasteiger partial charge on any atom is -0.497 e. The predicted octanol–water partition coefficient (Wildman–Crippen LogP) is 0.805. The molecule has 1 fully saturated rings. The van der Waals surface area contributed by atoms with Crippen LogP contribution in [0.5, 0.6) is 5.75 Å². The maximum atomic E-state index is 12.3. The molecule has 1 aromatic rings. The van der Waals surface area contributed by atoms with Crippen LogP contribution in [0, 0.1) is 5.92 Å². The monoisotopic (exact) mass is 320 g/mol. The number of carbonyl (C=O) groups excluding carboxylic acids is 2. The molecule has 1 heterocycles. The van der Waals surface area contributed by atoms with Gasteiger partial charge in [-0.2, -0.15) is 0 Å². The summed E-state index contributed by atoms with van der Waals surface area (Å²) in [5.74, 6) is -1.28. The molecule has 0 radical (unpaired) electrons. The minimum atomic E-state index is -1.10. The van der Waals surface area contributed by atoms with Gasteiger partial charge in [-0.15, -0.1) is 0 Å². The number of carboxylic acids is 1. The van der Waals surface area contributed by atoms with E-state index in [0.29, 0.717) is 12.2 Å². The van der Waals surface area contributed by atoms with Gasteiger partial charge in [-0.05, 0) is 24.1 Å². The number of likely N-dealkylation sites (tertiary alicyclic amines) is 1. The number of nitrogens with zero attached hydrogens (tertiary/aromatic N) is 1. The first-order valence-electron chi connectivity index (χ1n) is 7.33. The summed E-state index contributed by atoms with van der Waals surface area (Å²) in [5.41, 5.74) is 0.817. The van der Waals surface area contributed by atoms with Crippen LogP contribution in [0.4, 0.5) is 0 Å². The number of hydrogen-bond acceptors (Lipinski definition) is 4. The van der Waals surface area contributed by atoms with Gasteiger partial charge in [-0.1, -0.05) is 12.1 Å². The van der Waals surface area contributed by atoms with Crippen LogP contribution in [0.25, 0.3) is 0 Å². The van der Waals surface area contributed by atoms with Crippen LogP contribution < -0.4 is 10.1 Å². The first-order chi connectivity index (χ1) is 10.9. The van der Waals surface area contributed by atoms with Crippen LogP contribution >= 0.6 is 0 Å². The Morgan fingerprint density at radius 1 is 1.35 bits per heavy atom. The lowest BCUT2D eigenvalue weighted by Gasteiger charge is -2.38. The zero-order valence-electron chi connectivity index (χ0n) is 13.1. The normalized spacial score (nSPS) is 21.0. The van der Waals surface area contributed by atoms with E-state index in [-0.39, 0.29) is 18.2 Å². The fraction of sp³-hybridized carbons (Fsp3) is 0.438. The quantitative estimate of drug-likeness (QED) is 0.837. The average molecular weight is 320 g/mol. The fourth-order valence-corrected chi connectivity index (χ4v) is 2.86. The lowest BCUT2D eigenvalue weighted by Crippen LogP contribution is -2.47. The highest BCUT2D eigenvalue weighted by Crippen LogP contribution is 2.36. The molecule has 7 nitrogen and oxygen atoms in total.